The van der Waals surface area contributed by atoms with Crippen LogP contribution in [0.5, 0.6) is 5.75 Å². The van der Waals surface area contributed by atoms with E-state index in [4.69, 9.17) is 0 Å². The van der Waals surface area contributed by atoms with Crippen LogP contribution in [-0.4, -0.2) is 5.11 Å². The van der Waals surface area contributed by atoms with Gasteiger partial charge in [-0.25, -0.2) is 0 Å². The number of hydrogen-bond acceptors (Lipinski definition) is 1. The minimum Gasteiger partial charge on any atom is -0.508 e. The summed E-state index contributed by atoms with van der Waals surface area (Å²) in [5.74, 6) is 0.423. The molecule has 0 radical (unpaired) electrons. The normalized spacial score (nSPS) is 22.9. The van der Waals surface area contributed by atoms with Crippen molar-refractivity contribution in [2.24, 2.45) is 5.41 Å². The molecule has 1 aliphatic carbocycles. The summed E-state index contributed by atoms with van der Waals surface area (Å²) in [5.41, 5.74) is 2.45. The van der Waals surface area contributed by atoms with E-state index in [1.54, 1.807) is 6.07 Å². The predicted molar refractivity (Wildman–Crippen MR) is 72.2 cm³/mol. The molecule has 90 valence electrons. The lowest BCUT2D eigenvalue weighted by molar-refractivity contribution is 0.357. The number of benzene rings is 1. The van der Waals surface area contributed by atoms with Crippen molar-refractivity contribution in [1.82, 2.24) is 0 Å². The number of aromatic hydroxyl groups is 1. The van der Waals surface area contributed by atoms with Gasteiger partial charge in [-0.15, -0.1) is 0 Å². The van der Waals surface area contributed by atoms with Crippen molar-refractivity contribution in [1.29, 1.82) is 0 Å². The molecule has 0 amide bonds. The monoisotopic (exact) mass is 228 g/mol. The average molecular weight is 228 g/mol. The summed E-state index contributed by atoms with van der Waals surface area (Å²) < 4.78 is 0. The van der Waals surface area contributed by atoms with Gasteiger partial charge in [0.1, 0.15) is 5.75 Å². The molecule has 2 rings (SSSR count). The van der Waals surface area contributed by atoms with Gasteiger partial charge >= 0.3 is 0 Å². The summed E-state index contributed by atoms with van der Waals surface area (Å²) in [7, 11) is 0. The smallest absolute Gasteiger partial charge is 0.118 e. The second-order valence-corrected chi connectivity index (χ2v) is 5.02. The zero-order valence-corrected chi connectivity index (χ0v) is 10.6. The van der Waals surface area contributed by atoms with Crippen LogP contribution in [0.3, 0.4) is 0 Å². The van der Waals surface area contributed by atoms with Gasteiger partial charge in [0, 0.05) is 0 Å². The van der Waals surface area contributed by atoms with Crippen molar-refractivity contribution in [2.75, 3.05) is 0 Å². The van der Waals surface area contributed by atoms with E-state index in [0.717, 1.165) is 24.8 Å². The van der Waals surface area contributed by atoms with Gasteiger partial charge in [-0.1, -0.05) is 48.9 Å². The van der Waals surface area contributed by atoms with Crippen molar-refractivity contribution < 1.29 is 5.11 Å². The highest BCUT2D eigenvalue weighted by Crippen LogP contribution is 2.37. The van der Waals surface area contributed by atoms with Crippen molar-refractivity contribution in [3.05, 3.63) is 53.6 Å². The molecule has 17 heavy (non-hydrogen) atoms. The SMILES string of the molecule is CCC1(Cc2cc(C)ccc2O)C=CC=CC1. The second-order valence-electron chi connectivity index (χ2n) is 5.02. The summed E-state index contributed by atoms with van der Waals surface area (Å²) in [5, 5.41) is 9.93. The van der Waals surface area contributed by atoms with Crippen LogP contribution >= 0.6 is 0 Å². The maximum Gasteiger partial charge on any atom is 0.118 e. The molecule has 1 unspecified atom stereocenters. The molecule has 0 aliphatic heterocycles. The van der Waals surface area contributed by atoms with E-state index in [-0.39, 0.29) is 5.41 Å². The first kappa shape index (κ1) is 12.0. The molecule has 1 aliphatic rings. The van der Waals surface area contributed by atoms with Gasteiger partial charge < -0.3 is 5.11 Å². The molecule has 1 nitrogen and oxygen atoms in total. The van der Waals surface area contributed by atoms with E-state index in [1.165, 1.54) is 5.56 Å². The third-order valence-electron chi connectivity index (χ3n) is 3.70. The van der Waals surface area contributed by atoms with Gasteiger partial charge in [0.05, 0.1) is 0 Å². The topological polar surface area (TPSA) is 20.2 Å². The first-order chi connectivity index (χ1) is 8.15. The Morgan fingerprint density at radius 1 is 1.29 bits per heavy atom. The number of rotatable bonds is 3. The van der Waals surface area contributed by atoms with Crippen molar-refractivity contribution >= 4 is 0 Å². The van der Waals surface area contributed by atoms with Gasteiger partial charge in [-0.3, -0.25) is 0 Å². The fraction of sp³-hybridized carbons (Fsp3) is 0.375. The maximum atomic E-state index is 9.93. The van der Waals surface area contributed by atoms with E-state index < -0.39 is 0 Å². The Morgan fingerprint density at radius 3 is 2.76 bits per heavy atom. The van der Waals surface area contributed by atoms with E-state index in [1.807, 2.05) is 6.07 Å². The lowest BCUT2D eigenvalue weighted by atomic mass is 9.74. The van der Waals surface area contributed by atoms with Crippen LogP contribution in [0, 0.1) is 12.3 Å². The first-order valence-corrected chi connectivity index (χ1v) is 6.28. The zero-order valence-electron chi connectivity index (χ0n) is 10.6. The van der Waals surface area contributed by atoms with Crippen LogP contribution in [0.25, 0.3) is 0 Å². The second kappa shape index (κ2) is 4.79. The summed E-state index contributed by atoms with van der Waals surface area (Å²) >= 11 is 0. The molecule has 0 bridgehead atoms. The Bertz CT molecular complexity index is 457. The Labute approximate surface area is 103 Å². The average Bonchev–Trinajstić information content (AvgIpc) is 2.35. The Kier molecular flexibility index (Phi) is 3.37. The van der Waals surface area contributed by atoms with E-state index >= 15 is 0 Å². The summed E-state index contributed by atoms with van der Waals surface area (Å²) in [6.07, 6.45) is 11.8. The highest BCUT2D eigenvalue weighted by molar-refractivity contribution is 5.37. The molecule has 0 spiro atoms. The minimum atomic E-state index is 0.181. The standard InChI is InChI=1S/C16H20O/c1-3-16(9-5-4-6-10-16)12-14-11-13(2)7-8-15(14)17/h4-9,11,17H,3,10,12H2,1-2H3. The van der Waals surface area contributed by atoms with Crippen molar-refractivity contribution in [2.45, 2.75) is 33.1 Å². The Hall–Kier alpha value is -1.50. The number of hydrogen-bond donors (Lipinski definition) is 1. The molecular weight excluding hydrogens is 208 g/mol. The molecule has 0 aromatic heterocycles. The molecule has 1 aromatic carbocycles. The number of phenolic OH excluding ortho intramolecular Hbond substituents is 1. The molecule has 1 atom stereocenters. The van der Waals surface area contributed by atoms with Crippen LogP contribution in [0.2, 0.25) is 0 Å². The van der Waals surface area contributed by atoms with Crippen LogP contribution in [-0.2, 0) is 6.42 Å². The zero-order chi connectivity index (χ0) is 12.3. The Morgan fingerprint density at radius 2 is 2.12 bits per heavy atom. The summed E-state index contributed by atoms with van der Waals surface area (Å²) in [4.78, 5) is 0. The maximum absolute atomic E-state index is 9.93. The number of phenols is 1. The van der Waals surface area contributed by atoms with E-state index in [0.29, 0.717) is 5.75 Å². The Balaban J connectivity index is 2.27. The van der Waals surface area contributed by atoms with Gasteiger partial charge in [-0.05, 0) is 43.2 Å². The van der Waals surface area contributed by atoms with Crippen LogP contribution in [0.1, 0.15) is 30.9 Å². The first-order valence-electron chi connectivity index (χ1n) is 6.28. The van der Waals surface area contributed by atoms with Crippen LogP contribution < -0.4 is 0 Å². The highest BCUT2D eigenvalue weighted by Gasteiger charge is 2.26. The third-order valence-corrected chi connectivity index (χ3v) is 3.70. The lowest BCUT2D eigenvalue weighted by Gasteiger charge is -2.30. The molecule has 1 heteroatoms. The molecule has 0 saturated heterocycles. The lowest BCUT2D eigenvalue weighted by Crippen LogP contribution is -2.20. The largest absolute Gasteiger partial charge is 0.508 e. The predicted octanol–water partition coefficient (Wildman–Crippen LogP) is 4.16. The van der Waals surface area contributed by atoms with E-state index in [2.05, 4.69) is 44.2 Å². The molecule has 0 fully saturated rings. The highest BCUT2D eigenvalue weighted by atomic mass is 16.3. The summed E-state index contributed by atoms with van der Waals surface area (Å²) in [6, 6.07) is 5.85. The van der Waals surface area contributed by atoms with Crippen LogP contribution in [0.15, 0.2) is 42.5 Å². The molecule has 0 heterocycles. The van der Waals surface area contributed by atoms with Crippen molar-refractivity contribution in [3.63, 3.8) is 0 Å². The third kappa shape index (κ3) is 2.60. The fourth-order valence-electron chi connectivity index (χ4n) is 2.46. The van der Waals surface area contributed by atoms with Crippen molar-refractivity contribution in [3.8, 4) is 5.75 Å². The fourth-order valence-corrected chi connectivity index (χ4v) is 2.46. The van der Waals surface area contributed by atoms with Gasteiger partial charge in [-0.2, -0.15) is 0 Å². The van der Waals surface area contributed by atoms with Gasteiger partial charge in [0.15, 0.2) is 0 Å². The molecular formula is C16H20O. The van der Waals surface area contributed by atoms with Gasteiger partial charge in [0.25, 0.3) is 0 Å². The molecule has 1 aromatic rings. The molecule has 1 N–H and O–H groups in total. The number of aryl methyl sites for hydroxylation is 1. The van der Waals surface area contributed by atoms with Crippen LogP contribution in [0.4, 0.5) is 0 Å². The van der Waals surface area contributed by atoms with Gasteiger partial charge in [0.2, 0.25) is 0 Å². The summed E-state index contributed by atoms with van der Waals surface area (Å²) in [6.45, 7) is 4.29. The van der Waals surface area contributed by atoms with E-state index in [9.17, 15) is 5.11 Å². The minimum absolute atomic E-state index is 0.181. The quantitative estimate of drug-likeness (QED) is 0.823. The number of allylic oxidation sites excluding steroid dienone is 4. The molecule has 0 saturated carbocycles.